The summed E-state index contributed by atoms with van der Waals surface area (Å²) in [5, 5.41) is 10.7. The summed E-state index contributed by atoms with van der Waals surface area (Å²) in [7, 11) is 5.79. The third-order valence-electron chi connectivity index (χ3n) is 5.33. The molecule has 0 saturated carbocycles. The summed E-state index contributed by atoms with van der Waals surface area (Å²) in [6.07, 6.45) is 0. The van der Waals surface area contributed by atoms with Crippen LogP contribution in [0.5, 0.6) is 34.5 Å². The van der Waals surface area contributed by atoms with Crippen molar-refractivity contribution in [2.45, 2.75) is 6.61 Å². The van der Waals surface area contributed by atoms with Gasteiger partial charge >= 0.3 is 0 Å². The van der Waals surface area contributed by atoms with Crippen LogP contribution in [0.2, 0.25) is 0 Å². The van der Waals surface area contributed by atoms with E-state index >= 15 is 0 Å². The van der Waals surface area contributed by atoms with Crippen LogP contribution in [0.1, 0.15) is 5.56 Å². The molecule has 1 aromatic heterocycles. The first-order valence-electron chi connectivity index (χ1n) is 10.4. The maximum Gasteiger partial charge on any atom is 0.239 e. The number of aromatic hydroxyl groups is 1. The number of ether oxygens (including phenoxy) is 5. The van der Waals surface area contributed by atoms with Gasteiger partial charge in [-0.2, -0.15) is 0 Å². The third kappa shape index (κ3) is 3.94. The van der Waals surface area contributed by atoms with Crippen molar-refractivity contribution < 1.29 is 33.2 Å². The van der Waals surface area contributed by atoms with Crippen LogP contribution in [0.25, 0.3) is 22.3 Å². The third-order valence-corrected chi connectivity index (χ3v) is 5.33. The van der Waals surface area contributed by atoms with Crippen LogP contribution in [0, 0.1) is 0 Å². The van der Waals surface area contributed by atoms with Gasteiger partial charge in [-0.05, 0) is 29.8 Å². The van der Waals surface area contributed by atoms with Crippen LogP contribution in [-0.4, -0.2) is 33.5 Å². The van der Waals surface area contributed by atoms with Crippen LogP contribution >= 0.6 is 0 Å². The average Bonchev–Trinajstić information content (AvgIpc) is 2.89. The van der Waals surface area contributed by atoms with Gasteiger partial charge in [-0.15, -0.1) is 0 Å². The number of hydrogen-bond acceptors (Lipinski definition) is 8. The summed E-state index contributed by atoms with van der Waals surface area (Å²) >= 11 is 0. The molecule has 176 valence electrons. The van der Waals surface area contributed by atoms with Crippen LogP contribution in [0.15, 0.2) is 63.8 Å². The average molecular weight is 464 g/mol. The first-order valence-corrected chi connectivity index (χ1v) is 10.4. The van der Waals surface area contributed by atoms with Crippen LogP contribution < -0.4 is 29.1 Å². The Balaban J connectivity index is 2.01. The van der Waals surface area contributed by atoms with Gasteiger partial charge in [0.2, 0.25) is 28.4 Å². The summed E-state index contributed by atoms with van der Waals surface area (Å²) in [5.41, 5.74) is 0.720. The fourth-order valence-corrected chi connectivity index (χ4v) is 3.68. The Morgan fingerprint density at radius 3 is 1.97 bits per heavy atom. The van der Waals surface area contributed by atoms with Crippen molar-refractivity contribution in [3.63, 3.8) is 0 Å². The fraction of sp³-hybridized carbons (Fsp3) is 0.192. The zero-order valence-corrected chi connectivity index (χ0v) is 19.2. The standard InChI is InChI=1S/C26H24O8/c1-29-17-12-10-16(11-13-17)21-20(28)19(27)18-22(30-2)24(31-3)25(32-4)26(23(18)34-21)33-14-15-8-6-5-7-9-15/h5-13,28H,14H2,1-4H3. The lowest BCUT2D eigenvalue weighted by molar-refractivity contribution is 0.269. The van der Waals surface area contributed by atoms with Crippen LogP contribution in [-0.2, 0) is 6.61 Å². The molecule has 1 N–H and O–H groups in total. The van der Waals surface area contributed by atoms with Crippen LogP contribution in [0.3, 0.4) is 0 Å². The van der Waals surface area contributed by atoms with Gasteiger partial charge in [-0.3, -0.25) is 4.79 Å². The Labute approximate surface area is 195 Å². The predicted molar refractivity (Wildman–Crippen MR) is 127 cm³/mol. The van der Waals surface area contributed by atoms with E-state index in [0.717, 1.165) is 5.56 Å². The summed E-state index contributed by atoms with van der Waals surface area (Å²) in [6, 6.07) is 16.2. The topological polar surface area (TPSA) is 96.6 Å². The molecule has 8 heteroatoms. The van der Waals surface area contributed by atoms with E-state index < -0.39 is 11.2 Å². The van der Waals surface area contributed by atoms with E-state index in [4.69, 9.17) is 28.1 Å². The Kier molecular flexibility index (Phi) is 6.49. The zero-order chi connectivity index (χ0) is 24.2. The molecule has 34 heavy (non-hydrogen) atoms. The Bertz CT molecular complexity index is 1360. The van der Waals surface area contributed by atoms with Crippen molar-refractivity contribution in [1.82, 2.24) is 0 Å². The van der Waals surface area contributed by atoms with Gasteiger partial charge < -0.3 is 33.2 Å². The second-order valence-corrected chi connectivity index (χ2v) is 7.24. The fourth-order valence-electron chi connectivity index (χ4n) is 3.68. The molecular weight excluding hydrogens is 440 g/mol. The minimum atomic E-state index is -0.700. The SMILES string of the molecule is COc1ccc(-c2oc3c(OCc4ccccc4)c(OC)c(OC)c(OC)c3c(=O)c2O)cc1. The second kappa shape index (κ2) is 9.66. The highest BCUT2D eigenvalue weighted by molar-refractivity contribution is 5.96. The molecule has 0 spiro atoms. The lowest BCUT2D eigenvalue weighted by atomic mass is 10.1. The summed E-state index contributed by atoms with van der Waals surface area (Å²) < 4.78 is 33.9. The summed E-state index contributed by atoms with van der Waals surface area (Å²) in [5.74, 6) is 0.557. The van der Waals surface area contributed by atoms with E-state index in [2.05, 4.69) is 0 Å². The number of methoxy groups -OCH3 is 4. The van der Waals surface area contributed by atoms with Gasteiger partial charge in [-0.1, -0.05) is 30.3 Å². The molecule has 0 amide bonds. The quantitative estimate of drug-likeness (QED) is 0.398. The van der Waals surface area contributed by atoms with Crippen LogP contribution in [0.4, 0.5) is 0 Å². The first-order chi connectivity index (χ1) is 16.5. The Morgan fingerprint density at radius 1 is 0.765 bits per heavy atom. The lowest BCUT2D eigenvalue weighted by Gasteiger charge is -2.19. The minimum Gasteiger partial charge on any atom is -0.502 e. The maximum absolute atomic E-state index is 13.4. The van der Waals surface area contributed by atoms with Crippen molar-refractivity contribution in [3.8, 4) is 45.8 Å². The number of benzene rings is 3. The highest BCUT2D eigenvalue weighted by atomic mass is 16.6. The van der Waals surface area contributed by atoms with E-state index in [1.165, 1.54) is 21.3 Å². The monoisotopic (exact) mass is 464 g/mol. The molecule has 0 radical (unpaired) electrons. The van der Waals surface area contributed by atoms with Gasteiger partial charge in [0.05, 0.1) is 28.4 Å². The van der Waals surface area contributed by atoms with Gasteiger partial charge in [0.1, 0.15) is 17.7 Å². The van der Waals surface area contributed by atoms with Gasteiger partial charge in [0.25, 0.3) is 0 Å². The molecule has 3 aromatic carbocycles. The van der Waals surface area contributed by atoms with E-state index in [-0.39, 0.29) is 46.3 Å². The molecule has 4 rings (SSSR count). The van der Waals surface area contributed by atoms with E-state index in [9.17, 15) is 9.90 Å². The van der Waals surface area contributed by atoms with Gasteiger partial charge in [0.15, 0.2) is 17.1 Å². The Hall–Kier alpha value is -4.33. The smallest absolute Gasteiger partial charge is 0.239 e. The van der Waals surface area contributed by atoms with Gasteiger partial charge in [-0.25, -0.2) is 0 Å². The van der Waals surface area contributed by atoms with Gasteiger partial charge in [0, 0.05) is 5.56 Å². The minimum absolute atomic E-state index is 0.0287. The second-order valence-electron chi connectivity index (χ2n) is 7.24. The van der Waals surface area contributed by atoms with E-state index in [1.807, 2.05) is 30.3 Å². The first kappa shape index (κ1) is 22.8. The molecule has 0 aliphatic heterocycles. The molecule has 0 aliphatic carbocycles. The molecule has 0 saturated heterocycles. The molecule has 1 heterocycles. The number of fused-ring (bicyclic) bond motifs is 1. The molecule has 0 unspecified atom stereocenters. The summed E-state index contributed by atoms with van der Waals surface area (Å²) in [4.78, 5) is 13.4. The Morgan fingerprint density at radius 2 is 1.38 bits per heavy atom. The summed E-state index contributed by atoms with van der Waals surface area (Å²) in [6.45, 7) is 0.171. The van der Waals surface area contributed by atoms with E-state index in [1.54, 1.807) is 31.4 Å². The van der Waals surface area contributed by atoms with Crippen molar-refractivity contribution in [2.75, 3.05) is 28.4 Å². The molecule has 0 fully saturated rings. The molecule has 0 atom stereocenters. The normalized spacial score (nSPS) is 10.7. The van der Waals surface area contributed by atoms with Crippen molar-refractivity contribution in [1.29, 1.82) is 0 Å². The number of rotatable bonds is 8. The highest BCUT2D eigenvalue weighted by Gasteiger charge is 2.30. The largest absolute Gasteiger partial charge is 0.502 e. The highest BCUT2D eigenvalue weighted by Crippen LogP contribution is 2.51. The maximum atomic E-state index is 13.4. The van der Waals surface area contributed by atoms with Crippen molar-refractivity contribution in [2.24, 2.45) is 0 Å². The predicted octanol–water partition coefficient (Wildman–Crippen LogP) is 4.78. The zero-order valence-electron chi connectivity index (χ0n) is 19.2. The van der Waals surface area contributed by atoms with E-state index in [0.29, 0.717) is 11.3 Å². The van der Waals surface area contributed by atoms with Crippen molar-refractivity contribution >= 4 is 11.0 Å². The molecule has 8 nitrogen and oxygen atoms in total. The molecule has 0 aliphatic rings. The molecular formula is C26H24O8. The van der Waals surface area contributed by atoms with Crippen molar-refractivity contribution in [3.05, 3.63) is 70.4 Å². The molecule has 4 aromatic rings. The molecule has 0 bridgehead atoms. The lowest BCUT2D eigenvalue weighted by Crippen LogP contribution is -2.09. The number of hydrogen-bond donors (Lipinski definition) is 1.